The highest BCUT2D eigenvalue weighted by atomic mass is 16.5. The fourth-order valence-corrected chi connectivity index (χ4v) is 4.52. The first-order valence-corrected chi connectivity index (χ1v) is 10.3. The predicted molar refractivity (Wildman–Crippen MR) is 109 cm³/mol. The Balaban J connectivity index is 1.44. The first-order chi connectivity index (χ1) is 14.6. The molecule has 30 heavy (non-hydrogen) atoms. The molecule has 154 valence electrons. The SMILES string of the molecule is Cc1ccc(O[C@@H]2C[C@@H]3CC[C@@H]2N(C(=O)c2nc(C)ccc2-n2nccn2)C3)nc1. The Morgan fingerprint density at radius 1 is 1.10 bits per heavy atom. The van der Waals surface area contributed by atoms with E-state index in [1.165, 1.54) is 4.80 Å². The molecule has 3 aromatic rings. The van der Waals surface area contributed by atoms with Crippen molar-refractivity contribution in [1.29, 1.82) is 0 Å². The van der Waals surface area contributed by atoms with Crippen molar-refractivity contribution < 1.29 is 9.53 Å². The second-order valence-electron chi connectivity index (χ2n) is 8.17. The van der Waals surface area contributed by atoms with Gasteiger partial charge in [-0.2, -0.15) is 10.2 Å². The van der Waals surface area contributed by atoms with Gasteiger partial charge >= 0.3 is 0 Å². The van der Waals surface area contributed by atoms with Crippen molar-refractivity contribution >= 4 is 5.91 Å². The van der Waals surface area contributed by atoms with E-state index in [2.05, 4.69) is 20.2 Å². The minimum absolute atomic E-state index is 0.00588. The zero-order valence-corrected chi connectivity index (χ0v) is 17.1. The quantitative estimate of drug-likeness (QED) is 0.665. The van der Waals surface area contributed by atoms with Gasteiger partial charge in [-0.3, -0.25) is 4.79 Å². The summed E-state index contributed by atoms with van der Waals surface area (Å²) in [5, 5.41) is 8.38. The third-order valence-corrected chi connectivity index (χ3v) is 5.99. The lowest BCUT2D eigenvalue weighted by molar-refractivity contribution is -0.0316. The molecular formula is C22H24N6O2. The molecule has 3 atom stereocenters. The van der Waals surface area contributed by atoms with Crippen LogP contribution in [0.25, 0.3) is 5.69 Å². The third kappa shape index (κ3) is 3.42. The Morgan fingerprint density at radius 2 is 1.93 bits per heavy atom. The lowest BCUT2D eigenvalue weighted by Crippen LogP contribution is -2.59. The summed E-state index contributed by atoms with van der Waals surface area (Å²) < 4.78 is 6.23. The topological polar surface area (TPSA) is 86.0 Å². The molecule has 0 radical (unpaired) electrons. The smallest absolute Gasteiger partial charge is 0.275 e. The molecule has 0 aromatic carbocycles. The van der Waals surface area contributed by atoms with Crippen LogP contribution in [-0.4, -0.2) is 54.5 Å². The molecule has 8 heteroatoms. The van der Waals surface area contributed by atoms with Gasteiger partial charge in [-0.15, -0.1) is 4.80 Å². The summed E-state index contributed by atoms with van der Waals surface area (Å²) in [6.07, 6.45) is 7.91. The van der Waals surface area contributed by atoms with Crippen LogP contribution < -0.4 is 4.74 Å². The summed E-state index contributed by atoms with van der Waals surface area (Å²) in [7, 11) is 0. The van der Waals surface area contributed by atoms with Crippen molar-refractivity contribution in [2.45, 2.75) is 45.3 Å². The summed E-state index contributed by atoms with van der Waals surface area (Å²) in [5.74, 6) is 0.942. The van der Waals surface area contributed by atoms with Crippen LogP contribution in [0.3, 0.4) is 0 Å². The van der Waals surface area contributed by atoms with Crippen molar-refractivity contribution in [2.75, 3.05) is 6.54 Å². The number of carbonyl (C=O) groups excluding carboxylic acids is 1. The standard InChI is InChI=1S/C22H24N6O2/c1-14-3-8-20(23-12-14)30-19-11-16-5-7-17(19)27(13-16)22(29)21-18(6-4-15(2)26-21)28-24-9-10-25-28/h3-4,6,8-10,12,16-17,19H,5,7,11,13H2,1-2H3/t16-,17-,19+/m0/s1. The van der Waals surface area contributed by atoms with Crippen LogP contribution in [0, 0.1) is 19.8 Å². The molecule has 0 unspecified atom stereocenters. The number of fused-ring (bicyclic) bond motifs is 3. The molecule has 1 aliphatic carbocycles. The van der Waals surface area contributed by atoms with Crippen LogP contribution in [-0.2, 0) is 0 Å². The Labute approximate surface area is 174 Å². The zero-order valence-electron chi connectivity index (χ0n) is 17.1. The number of rotatable bonds is 4. The molecular weight excluding hydrogens is 380 g/mol. The third-order valence-electron chi connectivity index (χ3n) is 5.99. The van der Waals surface area contributed by atoms with E-state index in [0.717, 1.165) is 37.1 Å². The average Bonchev–Trinajstić information content (AvgIpc) is 3.30. The molecule has 1 saturated carbocycles. The molecule has 6 rings (SSSR count). The van der Waals surface area contributed by atoms with Gasteiger partial charge in [0.05, 0.1) is 18.4 Å². The van der Waals surface area contributed by atoms with E-state index < -0.39 is 0 Å². The predicted octanol–water partition coefficient (Wildman–Crippen LogP) is 2.75. The van der Waals surface area contributed by atoms with E-state index in [0.29, 0.717) is 23.2 Å². The van der Waals surface area contributed by atoms with Gasteiger partial charge in [-0.1, -0.05) is 6.07 Å². The van der Waals surface area contributed by atoms with Crippen LogP contribution in [0.2, 0.25) is 0 Å². The summed E-state index contributed by atoms with van der Waals surface area (Å²) in [6, 6.07) is 7.61. The highest BCUT2D eigenvalue weighted by molar-refractivity contribution is 5.96. The monoisotopic (exact) mass is 404 g/mol. The molecule has 2 saturated heterocycles. The van der Waals surface area contributed by atoms with E-state index in [1.807, 2.05) is 43.0 Å². The Hall–Kier alpha value is -3.29. The van der Waals surface area contributed by atoms with Crippen molar-refractivity contribution in [3.8, 4) is 11.6 Å². The number of nitrogens with zero attached hydrogens (tertiary/aromatic N) is 6. The van der Waals surface area contributed by atoms with Crippen molar-refractivity contribution in [3.05, 3.63) is 59.8 Å². The Morgan fingerprint density at radius 3 is 2.67 bits per heavy atom. The molecule has 2 aliphatic heterocycles. The van der Waals surface area contributed by atoms with Gasteiger partial charge in [0.1, 0.15) is 11.8 Å². The van der Waals surface area contributed by atoms with Crippen molar-refractivity contribution in [3.63, 3.8) is 0 Å². The molecule has 5 heterocycles. The number of aryl methyl sites for hydroxylation is 2. The molecule has 2 bridgehead atoms. The first-order valence-electron chi connectivity index (χ1n) is 10.3. The summed E-state index contributed by atoms with van der Waals surface area (Å²) in [6.45, 7) is 4.61. The molecule has 3 aliphatic rings. The molecule has 0 N–H and O–H groups in total. The minimum atomic E-state index is -0.0918. The lowest BCUT2D eigenvalue weighted by atomic mass is 9.77. The van der Waals surface area contributed by atoms with E-state index in [1.54, 1.807) is 18.6 Å². The average molecular weight is 404 g/mol. The number of hydrogen-bond donors (Lipinski definition) is 0. The van der Waals surface area contributed by atoms with E-state index in [4.69, 9.17) is 4.74 Å². The van der Waals surface area contributed by atoms with Crippen LogP contribution in [0.1, 0.15) is 41.0 Å². The van der Waals surface area contributed by atoms with Crippen LogP contribution in [0.5, 0.6) is 5.88 Å². The number of piperidine rings is 2. The summed E-state index contributed by atoms with van der Waals surface area (Å²) >= 11 is 0. The number of pyridine rings is 2. The fraction of sp³-hybridized carbons (Fsp3) is 0.409. The lowest BCUT2D eigenvalue weighted by Gasteiger charge is -2.49. The second kappa shape index (κ2) is 7.51. The number of amides is 1. The minimum Gasteiger partial charge on any atom is -0.472 e. The van der Waals surface area contributed by atoms with E-state index in [9.17, 15) is 4.79 Å². The molecule has 3 aromatic heterocycles. The van der Waals surface area contributed by atoms with Crippen molar-refractivity contribution in [1.82, 2.24) is 29.9 Å². The van der Waals surface area contributed by atoms with Gasteiger partial charge in [0.15, 0.2) is 5.69 Å². The van der Waals surface area contributed by atoms with Crippen LogP contribution in [0.15, 0.2) is 42.9 Å². The normalized spacial score (nSPS) is 22.9. The van der Waals surface area contributed by atoms with Crippen LogP contribution in [0.4, 0.5) is 0 Å². The van der Waals surface area contributed by atoms with Crippen molar-refractivity contribution in [2.24, 2.45) is 5.92 Å². The van der Waals surface area contributed by atoms with Gasteiger partial charge in [0.25, 0.3) is 5.91 Å². The van der Waals surface area contributed by atoms with Gasteiger partial charge in [0.2, 0.25) is 5.88 Å². The molecule has 3 fully saturated rings. The summed E-state index contributed by atoms with van der Waals surface area (Å²) in [4.78, 5) is 26.0. The maximum Gasteiger partial charge on any atom is 0.275 e. The second-order valence-corrected chi connectivity index (χ2v) is 8.17. The van der Waals surface area contributed by atoms with Gasteiger partial charge in [-0.05, 0) is 56.7 Å². The van der Waals surface area contributed by atoms with Crippen LogP contribution >= 0.6 is 0 Å². The highest BCUT2D eigenvalue weighted by Crippen LogP contribution is 2.38. The molecule has 0 spiro atoms. The number of ether oxygens (including phenoxy) is 1. The Bertz CT molecular complexity index is 1050. The maximum atomic E-state index is 13.6. The first kappa shape index (κ1) is 18.7. The van der Waals surface area contributed by atoms with E-state index >= 15 is 0 Å². The summed E-state index contributed by atoms with van der Waals surface area (Å²) in [5.41, 5.74) is 2.85. The number of carbonyl (C=O) groups is 1. The number of hydrogen-bond acceptors (Lipinski definition) is 6. The molecule has 1 amide bonds. The fourth-order valence-electron chi connectivity index (χ4n) is 4.52. The largest absolute Gasteiger partial charge is 0.472 e. The Kier molecular flexibility index (Phi) is 4.69. The van der Waals surface area contributed by atoms with Gasteiger partial charge in [-0.25, -0.2) is 9.97 Å². The number of aromatic nitrogens is 5. The zero-order chi connectivity index (χ0) is 20.7. The van der Waals surface area contributed by atoms with Gasteiger partial charge in [0, 0.05) is 24.5 Å². The van der Waals surface area contributed by atoms with Gasteiger partial charge < -0.3 is 9.64 Å². The van der Waals surface area contributed by atoms with E-state index in [-0.39, 0.29) is 18.1 Å². The highest BCUT2D eigenvalue weighted by Gasteiger charge is 2.45. The maximum absolute atomic E-state index is 13.6. The molecule has 8 nitrogen and oxygen atoms in total.